The van der Waals surface area contributed by atoms with Crippen molar-refractivity contribution in [3.8, 4) is 11.5 Å². The molecule has 0 aliphatic carbocycles. The lowest BCUT2D eigenvalue weighted by molar-refractivity contribution is -0.136. The number of anilines is 1. The standard InChI is InChI=1S/C24H29N5O5/c1-32-18-8-7-16(14-19(18)33-2)22-21(23(30)34-3)17(26-24(31)27-22)15-28-10-12-29(13-11-28)20-6-4-5-9-25-20/h4-9,14,22H,10-13,15H2,1-3H3,(H2,26,27,31). The van der Waals surface area contributed by atoms with Gasteiger partial charge in [-0.2, -0.15) is 0 Å². The van der Waals surface area contributed by atoms with E-state index >= 15 is 0 Å². The van der Waals surface area contributed by atoms with Crippen LogP contribution in [0.25, 0.3) is 0 Å². The Balaban J connectivity index is 1.58. The molecule has 3 heterocycles. The summed E-state index contributed by atoms with van der Waals surface area (Å²) in [6.07, 6.45) is 1.79. The molecule has 1 fully saturated rings. The summed E-state index contributed by atoms with van der Waals surface area (Å²) in [4.78, 5) is 34.3. The van der Waals surface area contributed by atoms with Crippen LogP contribution < -0.4 is 25.0 Å². The van der Waals surface area contributed by atoms with Gasteiger partial charge in [-0.05, 0) is 29.8 Å². The number of amides is 2. The molecule has 2 aliphatic rings. The van der Waals surface area contributed by atoms with E-state index in [4.69, 9.17) is 14.2 Å². The van der Waals surface area contributed by atoms with Crippen LogP contribution in [0.4, 0.5) is 10.6 Å². The number of carbonyl (C=O) groups excluding carboxylic acids is 2. The molecule has 0 radical (unpaired) electrons. The zero-order valence-corrected chi connectivity index (χ0v) is 19.5. The van der Waals surface area contributed by atoms with Crippen LogP contribution in [0.5, 0.6) is 11.5 Å². The molecule has 4 rings (SSSR count). The zero-order chi connectivity index (χ0) is 24.1. The van der Waals surface area contributed by atoms with Crippen molar-refractivity contribution in [1.29, 1.82) is 0 Å². The van der Waals surface area contributed by atoms with E-state index in [9.17, 15) is 9.59 Å². The number of rotatable bonds is 7. The summed E-state index contributed by atoms with van der Waals surface area (Å²) in [6, 6.07) is 10.1. The van der Waals surface area contributed by atoms with Gasteiger partial charge < -0.3 is 29.7 Å². The van der Waals surface area contributed by atoms with Crippen molar-refractivity contribution in [2.24, 2.45) is 0 Å². The molecule has 0 bridgehead atoms. The third-order valence-electron chi connectivity index (χ3n) is 6.03. The Kier molecular flexibility index (Phi) is 7.17. The number of nitrogens with zero attached hydrogens (tertiary/aromatic N) is 3. The van der Waals surface area contributed by atoms with Gasteiger partial charge in [0, 0.05) is 44.6 Å². The number of pyridine rings is 1. The number of piperazine rings is 1. The van der Waals surface area contributed by atoms with Gasteiger partial charge >= 0.3 is 12.0 Å². The second-order valence-electron chi connectivity index (χ2n) is 7.98. The van der Waals surface area contributed by atoms with Gasteiger partial charge in [0.15, 0.2) is 11.5 Å². The predicted molar refractivity (Wildman–Crippen MR) is 126 cm³/mol. The van der Waals surface area contributed by atoms with Crippen molar-refractivity contribution >= 4 is 17.8 Å². The number of hydrogen-bond acceptors (Lipinski definition) is 8. The van der Waals surface area contributed by atoms with E-state index in [1.165, 1.54) is 14.2 Å². The first-order chi connectivity index (χ1) is 16.5. The summed E-state index contributed by atoms with van der Waals surface area (Å²) in [5.41, 5.74) is 1.58. The van der Waals surface area contributed by atoms with Gasteiger partial charge in [-0.15, -0.1) is 0 Å². The van der Waals surface area contributed by atoms with E-state index in [1.54, 1.807) is 31.5 Å². The Labute approximate surface area is 198 Å². The summed E-state index contributed by atoms with van der Waals surface area (Å²) < 4.78 is 15.8. The monoisotopic (exact) mass is 467 g/mol. The topological polar surface area (TPSA) is 105 Å². The molecule has 1 saturated heterocycles. The molecule has 1 unspecified atom stereocenters. The minimum atomic E-state index is -0.689. The third-order valence-corrected chi connectivity index (χ3v) is 6.03. The maximum Gasteiger partial charge on any atom is 0.338 e. The Morgan fingerprint density at radius 3 is 2.47 bits per heavy atom. The van der Waals surface area contributed by atoms with E-state index in [2.05, 4.69) is 25.4 Å². The summed E-state index contributed by atoms with van der Waals surface area (Å²) in [5, 5.41) is 5.67. The van der Waals surface area contributed by atoms with Crippen LogP contribution in [0.2, 0.25) is 0 Å². The second kappa shape index (κ2) is 10.4. The molecular weight excluding hydrogens is 438 g/mol. The maximum absolute atomic E-state index is 12.9. The molecule has 1 atom stereocenters. The van der Waals surface area contributed by atoms with Crippen LogP contribution in [-0.4, -0.2) is 75.9 Å². The SMILES string of the molecule is COC(=O)C1=C(CN2CCN(c3ccccn3)CC2)NC(=O)NC1c1ccc(OC)c(OC)c1. The fraction of sp³-hybridized carbons (Fsp3) is 0.375. The van der Waals surface area contributed by atoms with Gasteiger partial charge in [-0.3, -0.25) is 4.90 Å². The van der Waals surface area contributed by atoms with Crippen LogP contribution in [0, 0.1) is 0 Å². The molecule has 1 aromatic heterocycles. The van der Waals surface area contributed by atoms with Crippen molar-refractivity contribution < 1.29 is 23.8 Å². The van der Waals surface area contributed by atoms with Crippen LogP contribution >= 0.6 is 0 Å². The van der Waals surface area contributed by atoms with E-state index in [0.29, 0.717) is 34.9 Å². The number of esters is 1. The van der Waals surface area contributed by atoms with Gasteiger partial charge in [0.2, 0.25) is 0 Å². The quantitative estimate of drug-likeness (QED) is 0.593. The Bertz CT molecular complexity index is 1070. The molecule has 180 valence electrons. The molecule has 10 nitrogen and oxygen atoms in total. The fourth-order valence-corrected chi connectivity index (χ4v) is 4.28. The summed E-state index contributed by atoms with van der Waals surface area (Å²) in [6.45, 7) is 3.53. The minimum Gasteiger partial charge on any atom is -0.493 e. The van der Waals surface area contributed by atoms with Crippen LogP contribution in [0.1, 0.15) is 11.6 Å². The van der Waals surface area contributed by atoms with Gasteiger partial charge in [-0.25, -0.2) is 14.6 Å². The smallest absolute Gasteiger partial charge is 0.338 e. The van der Waals surface area contributed by atoms with Crippen molar-refractivity contribution in [3.05, 3.63) is 59.4 Å². The molecule has 1 aromatic carbocycles. The number of methoxy groups -OCH3 is 3. The average molecular weight is 468 g/mol. The zero-order valence-electron chi connectivity index (χ0n) is 19.5. The van der Waals surface area contributed by atoms with Crippen LogP contribution in [0.3, 0.4) is 0 Å². The van der Waals surface area contributed by atoms with Crippen LogP contribution in [0.15, 0.2) is 53.9 Å². The van der Waals surface area contributed by atoms with Crippen LogP contribution in [-0.2, 0) is 9.53 Å². The Hall–Kier alpha value is -3.79. The first kappa shape index (κ1) is 23.4. The lowest BCUT2D eigenvalue weighted by Crippen LogP contribution is -2.51. The van der Waals surface area contributed by atoms with E-state index < -0.39 is 12.0 Å². The lowest BCUT2D eigenvalue weighted by atomic mass is 9.94. The lowest BCUT2D eigenvalue weighted by Gasteiger charge is -2.37. The van der Waals surface area contributed by atoms with Crippen molar-refractivity contribution in [1.82, 2.24) is 20.5 Å². The Morgan fingerprint density at radius 2 is 1.82 bits per heavy atom. The second-order valence-corrected chi connectivity index (χ2v) is 7.98. The molecule has 2 N–H and O–H groups in total. The number of benzene rings is 1. The maximum atomic E-state index is 12.9. The highest BCUT2D eigenvalue weighted by atomic mass is 16.5. The van der Waals surface area contributed by atoms with E-state index in [1.807, 2.05) is 18.2 Å². The highest BCUT2D eigenvalue weighted by molar-refractivity contribution is 5.95. The molecular formula is C24H29N5O5. The number of aromatic nitrogens is 1. The molecule has 2 aromatic rings. The molecule has 0 spiro atoms. The van der Waals surface area contributed by atoms with Crippen molar-refractivity contribution in [2.75, 3.05) is 59.0 Å². The first-order valence-electron chi connectivity index (χ1n) is 11.0. The third kappa shape index (κ3) is 4.91. The number of nitrogens with one attached hydrogen (secondary N) is 2. The normalized spacial score (nSPS) is 18.7. The van der Waals surface area contributed by atoms with Gasteiger partial charge in [0.05, 0.1) is 32.9 Å². The summed E-state index contributed by atoms with van der Waals surface area (Å²) >= 11 is 0. The highest BCUT2D eigenvalue weighted by Crippen LogP contribution is 2.34. The highest BCUT2D eigenvalue weighted by Gasteiger charge is 2.35. The number of ether oxygens (including phenoxy) is 3. The molecule has 0 saturated carbocycles. The molecule has 10 heteroatoms. The summed E-state index contributed by atoms with van der Waals surface area (Å²) in [5.74, 6) is 1.50. The molecule has 34 heavy (non-hydrogen) atoms. The van der Waals surface area contributed by atoms with Gasteiger partial charge in [0.1, 0.15) is 5.82 Å². The van der Waals surface area contributed by atoms with E-state index in [-0.39, 0.29) is 6.03 Å². The molecule has 2 amide bonds. The number of carbonyl (C=O) groups is 2. The van der Waals surface area contributed by atoms with Gasteiger partial charge in [-0.1, -0.05) is 12.1 Å². The fourth-order valence-electron chi connectivity index (χ4n) is 4.28. The summed E-state index contributed by atoms with van der Waals surface area (Å²) in [7, 11) is 4.42. The first-order valence-corrected chi connectivity index (χ1v) is 11.0. The number of hydrogen-bond donors (Lipinski definition) is 2. The predicted octanol–water partition coefficient (Wildman–Crippen LogP) is 1.70. The van der Waals surface area contributed by atoms with Crippen molar-refractivity contribution in [3.63, 3.8) is 0 Å². The van der Waals surface area contributed by atoms with Gasteiger partial charge in [0.25, 0.3) is 0 Å². The average Bonchev–Trinajstić information content (AvgIpc) is 2.88. The Morgan fingerprint density at radius 1 is 1.06 bits per heavy atom. The largest absolute Gasteiger partial charge is 0.493 e. The minimum absolute atomic E-state index is 0.362. The van der Waals surface area contributed by atoms with E-state index in [0.717, 1.165) is 32.0 Å². The van der Waals surface area contributed by atoms with Crippen molar-refractivity contribution in [2.45, 2.75) is 6.04 Å². The molecule has 2 aliphatic heterocycles. The number of urea groups is 1.